The maximum absolute atomic E-state index is 13.0. The number of fused-ring (bicyclic) bond motifs is 1. The fraction of sp³-hybridized carbons (Fsp3) is 0.333. The van der Waals surface area contributed by atoms with Gasteiger partial charge in [-0.2, -0.15) is 0 Å². The van der Waals surface area contributed by atoms with Crippen LogP contribution in [-0.2, 0) is 14.3 Å². The molecule has 1 aliphatic heterocycles. The highest BCUT2D eigenvalue weighted by atomic mass is 16.5. The van der Waals surface area contributed by atoms with Crippen molar-refractivity contribution >= 4 is 22.5 Å². The van der Waals surface area contributed by atoms with Crippen LogP contribution < -0.4 is 5.32 Å². The lowest BCUT2D eigenvalue weighted by molar-refractivity contribution is -0.139. The van der Waals surface area contributed by atoms with Gasteiger partial charge in [0.05, 0.1) is 12.2 Å². The zero-order chi connectivity index (χ0) is 19.7. The fourth-order valence-electron chi connectivity index (χ4n) is 4.34. The van der Waals surface area contributed by atoms with E-state index in [2.05, 4.69) is 23.5 Å². The van der Waals surface area contributed by atoms with Crippen LogP contribution in [-0.4, -0.2) is 18.4 Å². The van der Waals surface area contributed by atoms with E-state index in [9.17, 15) is 9.59 Å². The molecule has 1 N–H and O–H groups in total. The van der Waals surface area contributed by atoms with Gasteiger partial charge < -0.3 is 10.1 Å². The number of carbonyl (C=O) groups is 2. The second-order valence-electron chi connectivity index (χ2n) is 7.47. The van der Waals surface area contributed by atoms with Gasteiger partial charge in [-0.05, 0) is 42.5 Å². The summed E-state index contributed by atoms with van der Waals surface area (Å²) in [6.07, 6.45) is 2.96. The Morgan fingerprint density at radius 2 is 1.93 bits per heavy atom. The molecule has 4 rings (SSSR count). The molecule has 1 atom stereocenters. The van der Waals surface area contributed by atoms with Crippen LogP contribution in [0, 0.1) is 0 Å². The lowest BCUT2D eigenvalue weighted by atomic mass is 9.74. The second-order valence-corrected chi connectivity index (χ2v) is 7.47. The topological polar surface area (TPSA) is 55.4 Å². The summed E-state index contributed by atoms with van der Waals surface area (Å²) in [6, 6.07) is 14.2. The van der Waals surface area contributed by atoms with Gasteiger partial charge in [-0.1, -0.05) is 49.4 Å². The Balaban J connectivity index is 1.93. The summed E-state index contributed by atoms with van der Waals surface area (Å²) < 4.78 is 5.51. The van der Waals surface area contributed by atoms with Gasteiger partial charge in [-0.3, -0.25) is 4.79 Å². The Labute approximate surface area is 165 Å². The van der Waals surface area contributed by atoms with Crippen LogP contribution in [0.15, 0.2) is 65.0 Å². The van der Waals surface area contributed by atoms with Gasteiger partial charge >= 0.3 is 5.97 Å². The van der Waals surface area contributed by atoms with Crippen molar-refractivity contribution in [1.29, 1.82) is 0 Å². The number of benzene rings is 2. The SMILES string of the molecule is CCCOC(=O)C1=C(C)NC2=C(C(=O)CCC2)[C@@H]1c1cccc2ccccc12. The second kappa shape index (κ2) is 7.63. The third kappa shape index (κ3) is 3.13. The number of esters is 1. The molecule has 2 aromatic carbocycles. The number of rotatable bonds is 4. The first-order valence-corrected chi connectivity index (χ1v) is 10.0. The minimum Gasteiger partial charge on any atom is -0.462 e. The van der Waals surface area contributed by atoms with Crippen molar-refractivity contribution in [2.24, 2.45) is 0 Å². The predicted octanol–water partition coefficient (Wildman–Crippen LogP) is 4.76. The molecule has 0 radical (unpaired) electrons. The van der Waals surface area contributed by atoms with Crippen LogP contribution in [0.25, 0.3) is 10.8 Å². The quantitative estimate of drug-likeness (QED) is 0.783. The summed E-state index contributed by atoms with van der Waals surface area (Å²) in [4.78, 5) is 26.0. The van der Waals surface area contributed by atoms with Crippen LogP contribution in [0.3, 0.4) is 0 Å². The third-order valence-corrected chi connectivity index (χ3v) is 5.57. The number of carbonyl (C=O) groups excluding carboxylic acids is 2. The Hall–Kier alpha value is -2.88. The molecule has 2 aromatic rings. The van der Waals surface area contributed by atoms with Crippen LogP contribution in [0.1, 0.15) is 51.0 Å². The number of nitrogens with one attached hydrogen (secondary N) is 1. The molecule has 0 saturated heterocycles. The van der Waals surface area contributed by atoms with Crippen LogP contribution >= 0.6 is 0 Å². The van der Waals surface area contributed by atoms with E-state index in [1.54, 1.807) is 0 Å². The fourth-order valence-corrected chi connectivity index (χ4v) is 4.34. The highest BCUT2D eigenvalue weighted by Gasteiger charge is 2.39. The maximum Gasteiger partial charge on any atom is 0.336 e. The van der Waals surface area contributed by atoms with Gasteiger partial charge in [-0.15, -0.1) is 0 Å². The minimum absolute atomic E-state index is 0.125. The van der Waals surface area contributed by atoms with E-state index < -0.39 is 0 Å². The van der Waals surface area contributed by atoms with Crippen LogP contribution in [0.4, 0.5) is 0 Å². The number of ether oxygens (including phenoxy) is 1. The number of ketones is 1. The van der Waals surface area contributed by atoms with E-state index in [-0.39, 0.29) is 17.7 Å². The monoisotopic (exact) mass is 375 g/mol. The van der Waals surface area contributed by atoms with Gasteiger partial charge in [0, 0.05) is 29.3 Å². The van der Waals surface area contributed by atoms with Crippen molar-refractivity contribution in [3.05, 3.63) is 70.6 Å². The summed E-state index contributed by atoms with van der Waals surface area (Å²) in [5, 5.41) is 5.51. The average Bonchev–Trinajstić information content (AvgIpc) is 2.71. The average molecular weight is 375 g/mol. The van der Waals surface area contributed by atoms with Crippen LogP contribution in [0.5, 0.6) is 0 Å². The molecule has 144 valence electrons. The molecular weight excluding hydrogens is 350 g/mol. The zero-order valence-corrected chi connectivity index (χ0v) is 16.4. The van der Waals surface area contributed by atoms with E-state index >= 15 is 0 Å². The standard InChI is InChI=1S/C24H25NO3/c1-3-14-28-24(27)21-15(2)25-19-12-7-13-20(26)23(19)22(21)18-11-6-9-16-8-4-5-10-17(16)18/h4-6,8-11,22,25H,3,7,12-14H2,1-2H3/t22-/m1/s1. The molecule has 0 fully saturated rings. The molecule has 0 unspecified atom stereocenters. The lowest BCUT2D eigenvalue weighted by Gasteiger charge is -2.34. The van der Waals surface area contributed by atoms with Crippen molar-refractivity contribution in [2.45, 2.75) is 45.4 Å². The highest BCUT2D eigenvalue weighted by Crippen LogP contribution is 2.44. The first-order chi connectivity index (χ1) is 13.6. The van der Waals surface area contributed by atoms with Crippen LogP contribution in [0.2, 0.25) is 0 Å². The minimum atomic E-state index is -0.389. The van der Waals surface area contributed by atoms with E-state index in [1.807, 2.05) is 38.1 Å². The molecule has 28 heavy (non-hydrogen) atoms. The molecule has 1 heterocycles. The van der Waals surface area contributed by atoms with E-state index in [1.165, 1.54) is 0 Å². The van der Waals surface area contributed by atoms with E-state index in [4.69, 9.17) is 4.74 Å². The number of hydrogen-bond donors (Lipinski definition) is 1. The molecule has 2 aliphatic rings. The zero-order valence-electron chi connectivity index (χ0n) is 16.4. The Morgan fingerprint density at radius 1 is 1.14 bits per heavy atom. The molecule has 0 saturated carbocycles. The molecule has 0 bridgehead atoms. The van der Waals surface area contributed by atoms with Gasteiger partial charge in [0.25, 0.3) is 0 Å². The molecule has 0 amide bonds. The van der Waals surface area contributed by atoms with Crippen molar-refractivity contribution in [3.8, 4) is 0 Å². The normalized spacial score (nSPS) is 19.5. The summed E-state index contributed by atoms with van der Waals surface area (Å²) in [6.45, 7) is 4.25. The summed E-state index contributed by atoms with van der Waals surface area (Å²) in [5.74, 6) is -0.603. The predicted molar refractivity (Wildman–Crippen MR) is 110 cm³/mol. The first kappa shape index (κ1) is 18.5. The van der Waals surface area contributed by atoms with Gasteiger partial charge in [0.1, 0.15) is 0 Å². The van der Waals surface area contributed by atoms with Crippen molar-refractivity contribution < 1.29 is 14.3 Å². The largest absolute Gasteiger partial charge is 0.462 e. The molecule has 0 spiro atoms. The van der Waals surface area contributed by atoms with Gasteiger partial charge in [0.2, 0.25) is 0 Å². The Bertz CT molecular complexity index is 1010. The van der Waals surface area contributed by atoms with E-state index in [0.717, 1.165) is 52.6 Å². The highest BCUT2D eigenvalue weighted by molar-refractivity contribution is 6.05. The van der Waals surface area contributed by atoms with Crippen molar-refractivity contribution in [2.75, 3.05) is 6.61 Å². The summed E-state index contributed by atoms with van der Waals surface area (Å²) >= 11 is 0. The van der Waals surface area contributed by atoms with Crippen molar-refractivity contribution in [1.82, 2.24) is 5.32 Å². The molecule has 1 aliphatic carbocycles. The van der Waals surface area contributed by atoms with E-state index in [0.29, 0.717) is 18.6 Å². The Morgan fingerprint density at radius 3 is 2.75 bits per heavy atom. The number of dihydropyridines is 1. The Kier molecular flexibility index (Phi) is 5.03. The van der Waals surface area contributed by atoms with Gasteiger partial charge in [0.15, 0.2) is 5.78 Å². The summed E-state index contributed by atoms with van der Waals surface area (Å²) in [5.41, 5.74) is 4.02. The molecular formula is C24H25NO3. The first-order valence-electron chi connectivity index (χ1n) is 10.0. The number of hydrogen-bond acceptors (Lipinski definition) is 4. The number of allylic oxidation sites excluding steroid dienone is 3. The summed E-state index contributed by atoms with van der Waals surface area (Å²) in [7, 11) is 0. The van der Waals surface area contributed by atoms with Gasteiger partial charge in [-0.25, -0.2) is 4.79 Å². The smallest absolute Gasteiger partial charge is 0.336 e. The third-order valence-electron chi connectivity index (χ3n) is 5.57. The molecule has 4 heteroatoms. The molecule has 0 aromatic heterocycles. The maximum atomic E-state index is 13.0. The lowest BCUT2D eigenvalue weighted by Crippen LogP contribution is -2.34. The molecule has 4 nitrogen and oxygen atoms in total. The number of Topliss-reactive ketones (excluding diaryl/α,β-unsaturated/α-hetero) is 1. The van der Waals surface area contributed by atoms with Crippen molar-refractivity contribution in [3.63, 3.8) is 0 Å².